The van der Waals surface area contributed by atoms with Crippen LogP contribution < -0.4 is 21.3 Å². The molecule has 6 atom stereocenters. The van der Waals surface area contributed by atoms with Crippen molar-refractivity contribution in [2.75, 3.05) is 5.32 Å². The van der Waals surface area contributed by atoms with Gasteiger partial charge in [0.2, 0.25) is 23.6 Å². The van der Waals surface area contributed by atoms with E-state index < -0.39 is 35.7 Å². The average Bonchev–Trinajstić information content (AvgIpc) is 3.80. The number of nitrogens with one attached hydrogen (secondary N) is 5. The van der Waals surface area contributed by atoms with Gasteiger partial charge in [0, 0.05) is 42.0 Å². The summed E-state index contributed by atoms with van der Waals surface area (Å²) in [7, 11) is 0. The Morgan fingerprint density at radius 3 is 1.92 bits per heavy atom. The predicted molar refractivity (Wildman–Crippen MR) is 188 cm³/mol. The van der Waals surface area contributed by atoms with E-state index in [-0.39, 0.29) is 23.6 Å². The van der Waals surface area contributed by atoms with Crippen LogP contribution in [0, 0.1) is 0 Å². The Balaban J connectivity index is 1.04. The summed E-state index contributed by atoms with van der Waals surface area (Å²) in [5.41, 5.74) is 5.95. The van der Waals surface area contributed by atoms with Gasteiger partial charge in [0.25, 0.3) is 0 Å². The molecule has 50 heavy (non-hydrogen) atoms. The fourth-order valence-corrected chi connectivity index (χ4v) is 8.71. The second-order valence-electron chi connectivity index (χ2n) is 13.8. The summed E-state index contributed by atoms with van der Waals surface area (Å²) < 4.78 is 0. The van der Waals surface area contributed by atoms with Crippen molar-refractivity contribution in [1.29, 1.82) is 0 Å². The van der Waals surface area contributed by atoms with Crippen LogP contribution in [-0.4, -0.2) is 63.8 Å². The van der Waals surface area contributed by atoms with E-state index in [4.69, 9.17) is 0 Å². The first kappa shape index (κ1) is 30.2. The van der Waals surface area contributed by atoms with Crippen LogP contribution in [0.1, 0.15) is 34.2 Å². The van der Waals surface area contributed by atoms with Gasteiger partial charge in [0.15, 0.2) is 0 Å². The van der Waals surface area contributed by atoms with Crippen LogP contribution in [0.25, 0.3) is 10.9 Å². The highest BCUT2D eigenvalue weighted by Gasteiger charge is 2.64. The van der Waals surface area contributed by atoms with Crippen molar-refractivity contribution in [3.8, 4) is 0 Å². The molecule has 0 unspecified atom stereocenters. The number of hydrogen-bond acceptors (Lipinski definition) is 5. The van der Waals surface area contributed by atoms with Gasteiger partial charge in [0.05, 0.1) is 5.41 Å². The number of carbonyl (C=O) groups excluding carboxylic acids is 4. The molecule has 10 heteroatoms. The van der Waals surface area contributed by atoms with E-state index in [1.807, 2.05) is 97.2 Å². The number of carbonyl (C=O) groups is 4. The molecule has 0 spiro atoms. The molecule has 4 aliphatic rings. The van der Waals surface area contributed by atoms with Gasteiger partial charge in [-0.25, -0.2) is 0 Å². The summed E-state index contributed by atoms with van der Waals surface area (Å²) in [6.45, 7) is 0. The molecule has 5 aromatic rings. The van der Waals surface area contributed by atoms with E-state index in [0.717, 1.165) is 44.4 Å². The second-order valence-corrected chi connectivity index (χ2v) is 13.8. The van der Waals surface area contributed by atoms with Crippen molar-refractivity contribution in [3.05, 3.63) is 137 Å². The average molecular weight is 665 g/mol. The van der Waals surface area contributed by atoms with Crippen molar-refractivity contribution in [1.82, 2.24) is 25.8 Å². The van der Waals surface area contributed by atoms with Gasteiger partial charge in [-0.1, -0.05) is 97.1 Å². The van der Waals surface area contributed by atoms with Crippen molar-refractivity contribution >= 4 is 40.2 Å². The van der Waals surface area contributed by atoms with Crippen LogP contribution >= 0.6 is 0 Å². The quantitative estimate of drug-likeness (QED) is 0.182. The van der Waals surface area contributed by atoms with Gasteiger partial charge in [0.1, 0.15) is 30.3 Å². The maximum absolute atomic E-state index is 14.3. The Morgan fingerprint density at radius 1 is 0.600 bits per heavy atom. The maximum atomic E-state index is 14.3. The van der Waals surface area contributed by atoms with Gasteiger partial charge < -0.3 is 31.2 Å². The first-order chi connectivity index (χ1) is 24.4. The number of benzene rings is 4. The molecule has 4 aliphatic heterocycles. The number of H-pyrrole nitrogens is 1. The minimum absolute atomic E-state index is 0.102. The number of fused-ring (bicyclic) bond motifs is 6. The molecule has 4 amide bonds. The zero-order valence-corrected chi connectivity index (χ0v) is 27.2. The zero-order chi connectivity index (χ0) is 34.0. The molecule has 0 bridgehead atoms. The number of aromatic amines is 1. The summed E-state index contributed by atoms with van der Waals surface area (Å²) in [6, 6.07) is 30.9. The molecule has 3 saturated heterocycles. The molecule has 1 aromatic heterocycles. The lowest BCUT2D eigenvalue weighted by atomic mass is 9.71. The maximum Gasteiger partial charge on any atom is 0.247 e. The lowest BCUT2D eigenvalue weighted by molar-refractivity contribution is -0.148. The third-order valence-corrected chi connectivity index (χ3v) is 11.0. The van der Waals surface area contributed by atoms with Crippen molar-refractivity contribution in [2.24, 2.45) is 0 Å². The Labute approximate surface area is 288 Å². The van der Waals surface area contributed by atoms with Crippen LogP contribution in [0.15, 0.2) is 109 Å². The summed E-state index contributed by atoms with van der Waals surface area (Å²) in [4.78, 5) is 59.8. The number of rotatable bonds is 7. The highest BCUT2D eigenvalue weighted by molar-refractivity contribution is 6.01. The first-order valence-corrected chi connectivity index (χ1v) is 17.2. The van der Waals surface area contributed by atoms with Gasteiger partial charge in [-0.05, 0) is 40.3 Å². The van der Waals surface area contributed by atoms with E-state index in [2.05, 4.69) is 38.4 Å². The fourth-order valence-electron chi connectivity index (χ4n) is 8.71. The minimum atomic E-state index is -0.724. The molecule has 250 valence electrons. The third-order valence-electron chi connectivity index (χ3n) is 11.0. The molecule has 3 fully saturated rings. The highest BCUT2D eigenvalue weighted by Crippen LogP contribution is 2.56. The molecule has 0 aliphatic carbocycles. The summed E-state index contributed by atoms with van der Waals surface area (Å²) in [5, 5.41) is 13.5. The monoisotopic (exact) mass is 664 g/mol. The number of piperazine rings is 2. The lowest BCUT2D eigenvalue weighted by Gasteiger charge is -2.38. The van der Waals surface area contributed by atoms with Crippen LogP contribution in [0.3, 0.4) is 0 Å². The number of amides is 4. The Kier molecular flexibility index (Phi) is 7.01. The molecule has 0 radical (unpaired) electrons. The van der Waals surface area contributed by atoms with Gasteiger partial charge >= 0.3 is 0 Å². The molecular weight excluding hydrogens is 628 g/mol. The molecule has 0 saturated carbocycles. The molecule has 9 rings (SSSR count). The Morgan fingerprint density at radius 2 is 1.20 bits per heavy atom. The second kappa shape index (κ2) is 11.6. The number of para-hydroxylation sites is 2. The van der Waals surface area contributed by atoms with Gasteiger partial charge in [-0.15, -0.1) is 0 Å². The number of nitrogens with zero attached hydrogens (tertiary/aromatic N) is 1. The zero-order valence-electron chi connectivity index (χ0n) is 27.2. The standard InChI is InChI=1S/C40H36N6O4/c47-35-30(18-23-10-3-1-4-11-23)42-36(48)31(43-35)20-25-22-41-34-26(25)14-9-16-28(34)40-21-33-37(49)44-32(19-24-12-5-2-6-13-24)38(50)46(33)39(40)45-29-17-8-7-15-27(29)40/h1-17,22,30-33,39,41,45H,18-21H2,(H,42,48)(H,43,47)(H,44,49)/t30-,31+,32-,33+,39+,40+/m1/s1. The summed E-state index contributed by atoms with van der Waals surface area (Å²) >= 11 is 0. The van der Waals surface area contributed by atoms with Crippen LogP contribution in [0.2, 0.25) is 0 Å². The van der Waals surface area contributed by atoms with Crippen molar-refractivity contribution < 1.29 is 19.2 Å². The molecule has 10 nitrogen and oxygen atoms in total. The van der Waals surface area contributed by atoms with Gasteiger partial charge in [-0.2, -0.15) is 0 Å². The van der Waals surface area contributed by atoms with Crippen LogP contribution in [-0.2, 0) is 43.9 Å². The van der Waals surface area contributed by atoms with Crippen molar-refractivity contribution in [3.63, 3.8) is 0 Å². The summed E-state index contributed by atoms with van der Waals surface area (Å²) in [5.74, 6) is -0.673. The molecule has 4 aromatic carbocycles. The van der Waals surface area contributed by atoms with Crippen molar-refractivity contribution in [2.45, 2.75) is 61.4 Å². The van der Waals surface area contributed by atoms with Gasteiger partial charge in [-0.3, -0.25) is 19.2 Å². The topological polar surface area (TPSA) is 135 Å². The Hall–Kier alpha value is -5.90. The normalized spacial score (nSPS) is 26.8. The third kappa shape index (κ3) is 4.69. The largest absolute Gasteiger partial charge is 0.364 e. The Bertz CT molecular complexity index is 2170. The number of aromatic nitrogens is 1. The van der Waals surface area contributed by atoms with E-state index in [9.17, 15) is 19.2 Å². The summed E-state index contributed by atoms with van der Waals surface area (Å²) in [6.07, 6.45) is 2.97. The van der Waals surface area contributed by atoms with Crippen LogP contribution in [0.5, 0.6) is 0 Å². The smallest absolute Gasteiger partial charge is 0.247 e. The fraction of sp³-hybridized carbons (Fsp3) is 0.250. The minimum Gasteiger partial charge on any atom is -0.364 e. The predicted octanol–water partition coefficient (Wildman–Crippen LogP) is 3.32. The first-order valence-electron chi connectivity index (χ1n) is 17.2. The van der Waals surface area contributed by atoms with Crippen LogP contribution in [0.4, 0.5) is 5.69 Å². The van der Waals surface area contributed by atoms with E-state index in [1.54, 1.807) is 4.90 Å². The SMILES string of the molecule is O=C1N[C@H](Cc2ccccc2)C(=O)N[C@H]1Cc1c[nH]c2c([C@@]34C[C@H]5C(=O)N[C@H](Cc6ccccc6)C(=O)N5[C@@H]3Nc3ccccc34)cccc12. The molecule has 5 heterocycles. The molecule has 5 N–H and O–H groups in total. The number of hydrogen-bond donors (Lipinski definition) is 5. The lowest BCUT2D eigenvalue weighted by Crippen LogP contribution is -2.64. The number of anilines is 1. The molecular formula is C40H36N6O4. The highest BCUT2D eigenvalue weighted by atomic mass is 16.2. The van der Waals surface area contributed by atoms with E-state index in [0.29, 0.717) is 25.7 Å². The van der Waals surface area contributed by atoms with E-state index >= 15 is 0 Å². The van der Waals surface area contributed by atoms with E-state index in [1.165, 1.54) is 0 Å².